The van der Waals surface area contributed by atoms with E-state index >= 15 is 4.39 Å². The molecule has 43 heavy (non-hydrogen) atoms. The third kappa shape index (κ3) is 5.34. The van der Waals surface area contributed by atoms with Crippen LogP contribution in [-0.2, 0) is 11.2 Å². The summed E-state index contributed by atoms with van der Waals surface area (Å²) in [6, 6.07) is 11.7. The van der Waals surface area contributed by atoms with E-state index in [-0.39, 0.29) is 35.5 Å². The Morgan fingerprint density at radius 2 is 1.81 bits per heavy atom. The number of rotatable bonds is 9. The molecule has 4 aromatic rings. The average Bonchev–Trinajstić information content (AvgIpc) is 3.83. The van der Waals surface area contributed by atoms with Gasteiger partial charge >= 0.3 is 0 Å². The maximum Gasteiger partial charge on any atom is 0.251 e. The number of hydrogen-bond acceptors (Lipinski definition) is 6. The Balaban J connectivity index is 1.23. The van der Waals surface area contributed by atoms with Crippen molar-refractivity contribution < 1.29 is 28.5 Å². The van der Waals surface area contributed by atoms with Gasteiger partial charge in [-0.2, -0.15) is 0 Å². The number of nitrogens with one attached hydrogen (secondary N) is 1. The van der Waals surface area contributed by atoms with Gasteiger partial charge in [0, 0.05) is 22.1 Å². The molecule has 1 amide bonds. The molecular formula is C33H30ClF2N3O4. The van der Waals surface area contributed by atoms with Crippen molar-refractivity contribution in [1.29, 1.82) is 0 Å². The van der Waals surface area contributed by atoms with Gasteiger partial charge in [0.05, 0.1) is 34.7 Å². The zero-order chi connectivity index (χ0) is 30.1. The van der Waals surface area contributed by atoms with Gasteiger partial charge in [-0.1, -0.05) is 11.6 Å². The number of amides is 1. The number of ether oxygens (including phenoxy) is 1. The lowest BCUT2D eigenvalue weighted by Crippen LogP contribution is -2.43. The van der Waals surface area contributed by atoms with Crippen LogP contribution in [0.3, 0.4) is 0 Å². The summed E-state index contributed by atoms with van der Waals surface area (Å²) in [5.41, 5.74) is -0.990. The summed E-state index contributed by atoms with van der Waals surface area (Å²) >= 11 is 6.34. The third-order valence-electron chi connectivity index (χ3n) is 8.61. The second kappa shape index (κ2) is 10.2. The van der Waals surface area contributed by atoms with Gasteiger partial charge in [0.25, 0.3) is 5.91 Å². The fourth-order valence-electron chi connectivity index (χ4n) is 5.51. The van der Waals surface area contributed by atoms with Crippen LogP contribution in [0.2, 0.25) is 5.02 Å². The number of pyridine rings is 2. The number of aliphatic hydroxyl groups is 2. The van der Waals surface area contributed by atoms with Crippen LogP contribution >= 0.6 is 11.6 Å². The molecule has 0 unspecified atom stereocenters. The highest BCUT2D eigenvalue weighted by atomic mass is 35.5. The van der Waals surface area contributed by atoms with Crippen molar-refractivity contribution in [1.82, 2.24) is 15.3 Å². The molecule has 2 aromatic carbocycles. The minimum atomic E-state index is -1.63. The smallest absolute Gasteiger partial charge is 0.251 e. The van der Waals surface area contributed by atoms with Crippen molar-refractivity contribution in [3.63, 3.8) is 0 Å². The Labute approximate surface area is 251 Å². The predicted molar refractivity (Wildman–Crippen MR) is 157 cm³/mol. The van der Waals surface area contributed by atoms with E-state index in [1.165, 1.54) is 30.3 Å². The number of aryl methyl sites for hydroxylation is 1. The highest BCUT2D eigenvalue weighted by Gasteiger charge is 2.50. The molecule has 7 nitrogen and oxygen atoms in total. The average molecular weight is 606 g/mol. The van der Waals surface area contributed by atoms with Crippen molar-refractivity contribution in [3.8, 4) is 17.0 Å². The predicted octanol–water partition coefficient (Wildman–Crippen LogP) is 6.09. The van der Waals surface area contributed by atoms with Crippen molar-refractivity contribution >= 4 is 28.4 Å². The largest absolute Gasteiger partial charge is 0.488 e. The van der Waals surface area contributed by atoms with Crippen LogP contribution in [-0.4, -0.2) is 38.7 Å². The van der Waals surface area contributed by atoms with E-state index in [9.17, 15) is 19.4 Å². The van der Waals surface area contributed by atoms with E-state index in [4.69, 9.17) is 16.3 Å². The first kappa shape index (κ1) is 28.1. The highest BCUT2D eigenvalue weighted by Crippen LogP contribution is 2.50. The number of fused-ring (bicyclic) bond motifs is 1. The Morgan fingerprint density at radius 3 is 2.47 bits per heavy atom. The molecule has 0 aliphatic heterocycles. The molecular weight excluding hydrogens is 576 g/mol. The molecule has 222 valence electrons. The first-order valence-electron chi connectivity index (χ1n) is 14.5. The SMILES string of the molecule is Cc1nc2c(OC3CC3)cc(C(=O)NC[C@](O)(c3cc(C4(O)CC4)c(F)c(-c4ccc(F)cc4)n3)C3CC3)cc2cc1Cl. The van der Waals surface area contributed by atoms with E-state index in [0.717, 1.165) is 12.8 Å². The molecule has 3 aliphatic rings. The van der Waals surface area contributed by atoms with Gasteiger partial charge in [0.1, 0.15) is 28.4 Å². The normalized spacial score (nSPS) is 18.7. The number of aromatic nitrogens is 2. The minimum absolute atomic E-state index is 0.0401. The Bertz CT molecular complexity index is 1770. The molecule has 10 heteroatoms. The summed E-state index contributed by atoms with van der Waals surface area (Å²) in [4.78, 5) is 22.6. The molecule has 3 saturated carbocycles. The van der Waals surface area contributed by atoms with E-state index in [1.807, 2.05) is 0 Å². The molecule has 0 radical (unpaired) electrons. The highest BCUT2D eigenvalue weighted by molar-refractivity contribution is 6.31. The standard InChI is InChI=1S/C33H30ClF2N3O4/c1-17-25(34)13-19-12-20(14-26(29(19)38-17)43-23-8-9-23)31(40)37-16-33(42,21-4-5-21)27-15-24(32(41)10-11-32)28(36)30(39-27)18-2-6-22(35)7-3-18/h2-3,6-7,12-15,21,23,41-42H,4-5,8-11,16H2,1H3,(H,37,40)/t33-/m1/s1. The lowest BCUT2D eigenvalue weighted by molar-refractivity contribution is 0.00910. The van der Waals surface area contributed by atoms with E-state index in [0.29, 0.717) is 64.2 Å². The van der Waals surface area contributed by atoms with Crippen LogP contribution in [0.5, 0.6) is 5.75 Å². The van der Waals surface area contributed by atoms with Crippen molar-refractivity contribution in [2.24, 2.45) is 5.92 Å². The van der Waals surface area contributed by atoms with Gasteiger partial charge in [-0.25, -0.2) is 18.7 Å². The van der Waals surface area contributed by atoms with Crippen molar-refractivity contribution in [3.05, 3.63) is 87.7 Å². The number of hydrogen-bond donors (Lipinski definition) is 3. The van der Waals surface area contributed by atoms with Gasteiger partial charge < -0.3 is 20.3 Å². The summed E-state index contributed by atoms with van der Waals surface area (Å²) in [5.74, 6) is -1.37. The first-order valence-corrected chi connectivity index (χ1v) is 14.9. The number of halogens is 3. The maximum atomic E-state index is 15.7. The number of carbonyl (C=O) groups excluding carboxylic acids is 1. The Hall–Kier alpha value is -3.66. The Morgan fingerprint density at radius 1 is 1.09 bits per heavy atom. The van der Waals surface area contributed by atoms with Crippen molar-refractivity contribution in [2.75, 3.05) is 6.54 Å². The molecule has 0 saturated heterocycles. The molecule has 2 aromatic heterocycles. The number of carbonyl (C=O) groups is 1. The summed E-state index contributed by atoms with van der Waals surface area (Å²) in [7, 11) is 0. The molecule has 3 fully saturated rings. The van der Waals surface area contributed by atoms with Gasteiger partial charge in [-0.05, 0) is 99.9 Å². The fourth-order valence-corrected chi connectivity index (χ4v) is 5.67. The fraction of sp³-hybridized carbons (Fsp3) is 0.364. The zero-order valence-electron chi connectivity index (χ0n) is 23.5. The van der Waals surface area contributed by atoms with Crippen LogP contribution in [0.4, 0.5) is 8.78 Å². The van der Waals surface area contributed by atoms with Crippen LogP contribution < -0.4 is 10.1 Å². The Kier molecular flexibility index (Phi) is 6.68. The molecule has 3 aliphatic carbocycles. The molecule has 3 N–H and O–H groups in total. The van der Waals surface area contributed by atoms with Crippen molar-refractivity contribution in [2.45, 2.75) is 62.8 Å². The summed E-state index contributed by atoms with van der Waals surface area (Å²) in [6.45, 7) is 1.61. The molecule has 0 spiro atoms. The monoisotopic (exact) mass is 605 g/mol. The van der Waals surface area contributed by atoms with E-state index < -0.39 is 28.7 Å². The van der Waals surface area contributed by atoms with Crippen LogP contribution in [0, 0.1) is 24.5 Å². The summed E-state index contributed by atoms with van der Waals surface area (Å²) in [5, 5.41) is 27.0. The van der Waals surface area contributed by atoms with Crippen LogP contribution in [0.15, 0.2) is 48.5 Å². The zero-order valence-corrected chi connectivity index (χ0v) is 24.2. The second-order valence-corrected chi connectivity index (χ2v) is 12.5. The van der Waals surface area contributed by atoms with E-state index in [1.54, 1.807) is 25.1 Å². The topological polar surface area (TPSA) is 105 Å². The molecule has 0 bridgehead atoms. The number of nitrogens with zero attached hydrogens (tertiary/aromatic N) is 2. The van der Waals surface area contributed by atoms with Crippen LogP contribution in [0.25, 0.3) is 22.2 Å². The molecule has 1 atom stereocenters. The van der Waals surface area contributed by atoms with Gasteiger partial charge in [0.2, 0.25) is 0 Å². The maximum absolute atomic E-state index is 15.7. The lowest BCUT2D eigenvalue weighted by Gasteiger charge is -2.30. The second-order valence-electron chi connectivity index (χ2n) is 12.1. The van der Waals surface area contributed by atoms with E-state index in [2.05, 4.69) is 15.3 Å². The quantitative estimate of drug-likeness (QED) is 0.213. The molecule has 2 heterocycles. The van der Waals surface area contributed by atoms with Crippen LogP contribution in [0.1, 0.15) is 65.8 Å². The summed E-state index contributed by atoms with van der Waals surface area (Å²) in [6.07, 6.45) is 4.07. The lowest BCUT2D eigenvalue weighted by atomic mass is 9.89. The molecule has 7 rings (SSSR count). The third-order valence-corrected chi connectivity index (χ3v) is 8.99. The van der Waals surface area contributed by atoms with Gasteiger partial charge in [-0.15, -0.1) is 0 Å². The first-order chi connectivity index (χ1) is 20.5. The number of benzene rings is 2. The summed E-state index contributed by atoms with van der Waals surface area (Å²) < 4.78 is 35.5. The minimum Gasteiger partial charge on any atom is -0.488 e. The van der Waals surface area contributed by atoms with Gasteiger partial charge in [0.15, 0.2) is 5.82 Å². The van der Waals surface area contributed by atoms with Gasteiger partial charge in [-0.3, -0.25) is 4.79 Å².